The van der Waals surface area contributed by atoms with Crippen molar-refractivity contribution in [3.63, 3.8) is 0 Å². The van der Waals surface area contributed by atoms with E-state index in [4.69, 9.17) is 4.52 Å². The summed E-state index contributed by atoms with van der Waals surface area (Å²) in [5, 5.41) is 9.25. The highest BCUT2D eigenvalue weighted by atomic mass is 32.2. The van der Waals surface area contributed by atoms with Gasteiger partial charge in [-0.25, -0.2) is 17.8 Å². The van der Waals surface area contributed by atoms with Crippen LogP contribution in [0, 0.1) is 6.92 Å². The number of sulfonamides is 1. The molecule has 28 heavy (non-hydrogen) atoms. The van der Waals surface area contributed by atoms with Crippen molar-refractivity contribution in [1.29, 1.82) is 0 Å². The summed E-state index contributed by atoms with van der Waals surface area (Å²) in [6.45, 7) is 5.74. The van der Waals surface area contributed by atoms with Crippen LogP contribution in [0.2, 0.25) is 0 Å². The molecule has 8 nitrogen and oxygen atoms in total. The predicted molar refractivity (Wildman–Crippen MR) is 104 cm³/mol. The Morgan fingerprint density at radius 1 is 1.25 bits per heavy atom. The molecule has 0 bridgehead atoms. The van der Waals surface area contributed by atoms with Gasteiger partial charge in [0.05, 0.1) is 21.7 Å². The first-order valence-electron chi connectivity index (χ1n) is 9.21. The zero-order valence-corrected chi connectivity index (χ0v) is 16.8. The lowest BCUT2D eigenvalue weighted by Gasteiger charge is -2.14. The van der Waals surface area contributed by atoms with E-state index in [-0.39, 0.29) is 22.5 Å². The van der Waals surface area contributed by atoms with Crippen LogP contribution in [0.15, 0.2) is 38.5 Å². The fourth-order valence-electron chi connectivity index (χ4n) is 3.18. The normalized spacial score (nSPS) is 15.8. The summed E-state index contributed by atoms with van der Waals surface area (Å²) in [6.07, 6.45) is 2.23. The molecule has 0 radical (unpaired) electrons. The molecular formula is C19H22N4O4S. The number of rotatable bonds is 6. The van der Waals surface area contributed by atoms with Crippen LogP contribution in [0.5, 0.6) is 0 Å². The van der Waals surface area contributed by atoms with Crippen LogP contribution in [-0.4, -0.2) is 28.9 Å². The summed E-state index contributed by atoms with van der Waals surface area (Å²) in [6, 6.07) is 6.37. The van der Waals surface area contributed by atoms with Crippen molar-refractivity contribution < 1.29 is 12.9 Å². The van der Waals surface area contributed by atoms with Crippen LogP contribution in [-0.2, 0) is 23.0 Å². The Labute approximate surface area is 162 Å². The maximum absolute atomic E-state index is 13.0. The number of hydrogen-bond donors (Lipinski definition) is 1. The summed E-state index contributed by atoms with van der Waals surface area (Å²) in [7, 11) is -3.70. The Morgan fingerprint density at radius 2 is 2.00 bits per heavy atom. The number of hydrogen-bond acceptors (Lipinski definition) is 6. The van der Waals surface area contributed by atoms with Crippen LogP contribution >= 0.6 is 0 Å². The third-order valence-corrected chi connectivity index (χ3v) is 6.65. The fourth-order valence-corrected chi connectivity index (χ4v) is 4.67. The van der Waals surface area contributed by atoms with E-state index in [2.05, 4.69) is 15.0 Å². The van der Waals surface area contributed by atoms with Gasteiger partial charge in [-0.1, -0.05) is 18.1 Å². The minimum Gasteiger partial charge on any atom is -0.359 e. The third kappa shape index (κ3) is 3.47. The van der Waals surface area contributed by atoms with Crippen LogP contribution in [0.3, 0.4) is 0 Å². The molecule has 3 aromatic rings. The summed E-state index contributed by atoms with van der Waals surface area (Å²) < 4.78 is 34.6. The maximum Gasteiger partial charge on any atom is 0.275 e. The van der Waals surface area contributed by atoms with E-state index < -0.39 is 10.0 Å². The summed E-state index contributed by atoms with van der Waals surface area (Å²) in [5.41, 5.74) is 0.686. The summed E-state index contributed by atoms with van der Waals surface area (Å²) in [4.78, 5) is 13.1. The van der Waals surface area contributed by atoms with Crippen molar-refractivity contribution in [3.8, 4) is 0 Å². The maximum atomic E-state index is 13.0. The molecule has 4 rings (SSSR count). The van der Waals surface area contributed by atoms with Crippen LogP contribution in [0.4, 0.5) is 0 Å². The van der Waals surface area contributed by atoms with Crippen molar-refractivity contribution in [1.82, 2.24) is 19.7 Å². The fraction of sp³-hybridized carbons (Fsp3) is 0.421. The van der Waals surface area contributed by atoms with Crippen LogP contribution in [0.25, 0.3) is 10.8 Å². The molecule has 0 unspecified atom stereocenters. The molecule has 1 N–H and O–H groups in total. The van der Waals surface area contributed by atoms with Gasteiger partial charge in [-0.3, -0.25) is 4.79 Å². The number of nitrogens with one attached hydrogen (secondary N) is 1. The topological polar surface area (TPSA) is 107 Å². The average Bonchev–Trinajstić information content (AvgIpc) is 3.22. The first kappa shape index (κ1) is 18.8. The molecule has 0 aliphatic heterocycles. The second-order valence-electron chi connectivity index (χ2n) is 7.57. The summed E-state index contributed by atoms with van der Waals surface area (Å²) in [5.74, 6) is 0.514. The van der Waals surface area contributed by atoms with Crippen molar-refractivity contribution in [3.05, 3.63) is 51.8 Å². The van der Waals surface area contributed by atoms with Gasteiger partial charge in [-0.2, -0.15) is 5.10 Å². The second kappa shape index (κ2) is 6.52. The standard InChI is InChI=1S/C19H22N4O4S/c1-4-17-15-6-5-14(28(25,26)22-19(3)7-8-19)10-16(15)18(24)23(20-17)11-13-9-12(2)21-27-13/h5-6,9-10,22H,4,7-8,11H2,1-3H3. The molecule has 1 aliphatic rings. The van der Waals surface area contributed by atoms with Gasteiger partial charge in [0, 0.05) is 17.0 Å². The summed E-state index contributed by atoms with van der Waals surface area (Å²) >= 11 is 0. The van der Waals surface area contributed by atoms with Crippen LogP contribution in [0.1, 0.15) is 43.8 Å². The van der Waals surface area contributed by atoms with Crippen molar-refractivity contribution in [2.75, 3.05) is 0 Å². The first-order chi connectivity index (χ1) is 13.2. The van der Waals surface area contributed by atoms with Gasteiger partial charge in [-0.05, 0) is 45.2 Å². The number of nitrogens with zero attached hydrogens (tertiary/aromatic N) is 3. The molecule has 2 aromatic heterocycles. The highest BCUT2D eigenvalue weighted by Gasteiger charge is 2.41. The predicted octanol–water partition coefficient (Wildman–Crippen LogP) is 2.13. The smallest absolute Gasteiger partial charge is 0.275 e. The van der Waals surface area contributed by atoms with E-state index in [1.54, 1.807) is 19.1 Å². The molecule has 1 saturated carbocycles. The van der Waals surface area contributed by atoms with Crippen molar-refractivity contribution >= 4 is 20.8 Å². The number of aromatic nitrogens is 3. The lowest BCUT2D eigenvalue weighted by atomic mass is 10.1. The minimum atomic E-state index is -3.70. The third-order valence-electron chi connectivity index (χ3n) is 5.02. The van der Waals surface area contributed by atoms with E-state index in [0.29, 0.717) is 28.6 Å². The van der Waals surface area contributed by atoms with E-state index >= 15 is 0 Å². The zero-order valence-electron chi connectivity index (χ0n) is 16.0. The van der Waals surface area contributed by atoms with Crippen molar-refractivity contribution in [2.45, 2.75) is 57.0 Å². The Bertz CT molecular complexity index is 1220. The first-order valence-corrected chi connectivity index (χ1v) is 10.7. The number of fused-ring (bicyclic) bond motifs is 1. The van der Waals surface area contributed by atoms with Gasteiger partial charge >= 0.3 is 0 Å². The molecule has 148 valence electrons. The van der Waals surface area contributed by atoms with E-state index in [1.807, 2.05) is 13.8 Å². The molecule has 2 heterocycles. The molecule has 1 aliphatic carbocycles. The number of aryl methyl sites for hydroxylation is 2. The van der Waals surface area contributed by atoms with E-state index in [1.165, 1.54) is 16.8 Å². The highest BCUT2D eigenvalue weighted by Crippen LogP contribution is 2.36. The SMILES string of the molecule is CCc1nn(Cc2cc(C)no2)c(=O)c2cc(S(=O)(=O)NC3(C)CC3)ccc12. The Hall–Kier alpha value is -2.52. The lowest BCUT2D eigenvalue weighted by Crippen LogP contribution is -2.34. The molecular weight excluding hydrogens is 380 g/mol. The molecule has 1 aromatic carbocycles. The van der Waals surface area contributed by atoms with E-state index in [9.17, 15) is 13.2 Å². The van der Waals surface area contributed by atoms with Gasteiger partial charge in [-0.15, -0.1) is 0 Å². The largest absolute Gasteiger partial charge is 0.359 e. The van der Waals surface area contributed by atoms with Gasteiger partial charge in [0.1, 0.15) is 6.54 Å². The molecule has 0 atom stereocenters. The van der Waals surface area contributed by atoms with Gasteiger partial charge in [0.2, 0.25) is 10.0 Å². The Balaban J connectivity index is 1.82. The molecule has 0 amide bonds. The number of benzene rings is 1. The van der Waals surface area contributed by atoms with Gasteiger partial charge in [0.15, 0.2) is 5.76 Å². The molecule has 0 spiro atoms. The average molecular weight is 402 g/mol. The highest BCUT2D eigenvalue weighted by molar-refractivity contribution is 7.89. The zero-order chi connectivity index (χ0) is 20.1. The molecule has 9 heteroatoms. The quantitative estimate of drug-likeness (QED) is 0.677. The molecule has 0 saturated heterocycles. The minimum absolute atomic E-state index is 0.0838. The van der Waals surface area contributed by atoms with Crippen LogP contribution < -0.4 is 10.3 Å². The van der Waals surface area contributed by atoms with Crippen molar-refractivity contribution in [2.24, 2.45) is 0 Å². The monoisotopic (exact) mass is 402 g/mol. The Morgan fingerprint density at radius 3 is 2.61 bits per heavy atom. The van der Waals surface area contributed by atoms with E-state index in [0.717, 1.165) is 18.5 Å². The second-order valence-corrected chi connectivity index (χ2v) is 9.25. The molecule has 1 fully saturated rings. The lowest BCUT2D eigenvalue weighted by molar-refractivity contribution is 0.365. The van der Waals surface area contributed by atoms with Gasteiger partial charge < -0.3 is 4.52 Å². The Kier molecular flexibility index (Phi) is 4.39. The van der Waals surface area contributed by atoms with Gasteiger partial charge in [0.25, 0.3) is 5.56 Å².